The summed E-state index contributed by atoms with van der Waals surface area (Å²) in [5, 5.41) is 3.11. The fourth-order valence-corrected chi connectivity index (χ4v) is 3.76. The van der Waals surface area contributed by atoms with Crippen molar-refractivity contribution in [3.05, 3.63) is 57.2 Å². The number of halogens is 2. The number of rotatable bonds is 5. The van der Waals surface area contributed by atoms with E-state index in [0.717, 1.165) is 5.56 Å². The number of nitrogens with zero attached hydrogens (tertiary/aromatic N) is 1. The molecule has 0 bridgehead atoms. The molecule has 1 aliphatic rings. The molecule has 0 aromatic heterocycles. The minimum absolute atomic E-state index is 0.108. The number of carbonyl (C=O) groups is 1. The summed E-state index contributed by atoms with van der Waals surface area (Å²) in [7, 11) is 1.52. The first-order chi connectivity index (χ1) is 13.5. The van der Waals surface area contributed by atoms with Gasteiger partial charge in [0.15, 0.2) is 16.7 Å². The molecule has 1 N–H and O–H groups in total. The highest BCUT2D eigenvalue weighted by Crippen LogP contribution is 2.38. The zero-order chi connectivity index (χ0) is 20.1. The fourth-order valence-electron chi connectivity index (χ4n) is 2.34. The first-order valence-electron chi connectivity index (χ1n) is 7.99. The monoisotopic (exact) mass is 460 g/mol. The summed E-state index contributed by atoms with van der Waals surface area (Å²) in [6.07, 6.45) is 6.94. The lowest BCUT2D eigenvalue weighted by molar-refractivity contribution is -0.115. The smallest absolute Gasteiger partial charge is 0.264 e. The van der Waals surface area contributed by atoms with E-state index in [0.29, 0.717) is 31.7 Å². The van der Waals surface area contributed by atoms with E-state index >= 15 is 0 Å². The van der Waals surface area contributed by atoms with Crippen LogP contribution in [0.1, 0.15) is 5.56 Å². The molecule has 2 aromatic rings. The van der Waals surface area contributed by atoms with Gasteiger partial charge >= 0.3 is 0 Å². The molecule has 8 heteroatoms. The molecule has 1 saturated heterocycles. The van der Waals surface area contributed by atoms with Crippen molar-refractivity contribution in [2.45, 2.75) is 0 Å². The Bertz CT molecular complexity index is 1010. The van der Waals surface area contributed by atoms with Crippen LogP contribution >= 0.6 is 27.7 Å². The van der Waals surface area contributed by atoms with Crippen molar-refractivity contribution in [3.8, 4) is 23.8 Å². The lowest BCUT2D eigenvalue weighted by Crippen LogP contribution is -2.19. The number of amides is 1. The molecule has 5 nitrogen and oxygen atoms in total. The zero-order valence-corrected chi connectivity index (χ0v) is 17.1. The molecule has 0 saturated carbocycles. The number of carbonyl (C=O) groups excluding carboxylic acids is 1. The van der Waals surface area contributed by atoms with E-state index in [2.05, 4.69) is 32.2 Å². The summed E-state index contributed by atoms with van der Waals surface area (Å²) < 4.78 is 24.5. The number of hydrogen-bond donors (Lipinski definition) is 1. The Balaban J connectivity index is 1.85. The molecule has 2 aromatic carbocycles. The third-order valence-corrected chi connectivity index (χ3v) is 5.06. The van der Waals surface area contributed by atoms with E-state index in [-0.39, 0.29) is 18.3 Å². The van der Waals surface area contributed by atoms with Gasteiger partial charge in [-0.2, -0.15) is 0 Å². The number of ether oxygens (including phenoxy) is 2. The van der Waals surface area contributed by atoms with Gasteiger partial charge in [-0.15, -0.1) is 6.42 Å². The maximum Gasteiger partial charge on any atom is 0.264 e. The van der Waals surface area contributed by atoms with Crippen molar-refractivity contribution < 1.29 is 18.7 Å². The average Bonchev–Trinajstić information content (AvgIpc) is 3.01. The molecular formula is C20H14BrFN2O3S. The lowest BCUT2D eigenvalue weighted by Gasteiger charge is -2.12. The van der Waals surface area contributed by atoms with Crippen LogP contribution in [0.25, 0.3) is 6.08 Å². The number of amidine groups is 1. The Morgan fingerprint density at radius 1 is 1.36 bits per heavy atom. The molecule has 0 spiro atoms. The highest BCUT2D eigenvalue weighted by atomic mass is 79.9. The minimum atomic E-state index is -0.346. The summed E-state index contributed by atoms with van der Waals surface area (Å²) >= 11 is 4.62. The van der Waals surface area contributed by atoms with E-state index in [9.17, 15) is 9.18 Å². The van der Waals surface area contributed by atoms with Crippen molar-refractivity contribution in [3.63, 3.8) is 0 Å². The largest absolute Gasteiger partial charge is 0.493 e. The van der Waals surface area contributed by atoms with Crippen molar-refractivity contribution in [2.75, 3.05) is 13.7 Å². The van der Waals surface area contributed by atoms with Crippen LogP contribution in [0.2, 0.25) is 0 Å². The van der Waals surface area contributed by atoms with Crippen LogP contribution in [-0.4, -0.2) is 24.8 Å². The average molecular weight is 461 g/mol. The maximum absolute atomic E-state index is 13.0. The summed E-state index contributed by atoms with van der Waals surface area (Å²) in [5.41, 5.74) is 1.28. The first kappa shape index (κ1) is 20.0. The second-order valence-corrected chi connectivity index (χ2v) is 7.37. The van der Waals surface area contributed by atoms with Gasteiger partial charge in [-0.25, -0.2) is 9.38 Å². The van der Waals surface area contributed by atoms with E-state index in [1.54, 1.807) is 18.2 Å². The molecule has 142 valence electrons. The molecule has 0 atom stereocenters. The van der Waals surface area contributed by atoms with Gasteiger partial charge in [0.2, 0.25) is 0 Å². The predicted molar refractivity (Wildman–Crippen MR) is 112 cm³/mol. The molecular weight excluding hydrogens is 447 g/mol. The molecule has 1 fully saturated rings. The molecule has 3 rings (SSSR count). The normalized spacial score (nSPS) is 16.1. The summed E-state index contributed by atoms with van der Waals surface area (Å²) in [4.78, 5) is 17.0. The molecule has 0 aliphatic carbocycles. The topological polar surface area (TPSA) is 59.9 Å². The molecule has 1 amide bonds. The van der Waals surface area contributed by atoms with Gasteiger partial charge in [0.25, 0.3) is 5.91 Å². The lowest BCUT2D eigenvalue weighted by atomic mass is 10.2. The van der Waals surface area contributed by atoms with Crippen molar-refractivity contribution >= 4 is 50.5 Å². The fraction of sp³-hybridized carbons (Fsp3) is 0.100. The summed E-state index contributed by atoms with van der Waals surface area (Å²) in [5.74, 6) is 2.76. The van der Waals surface area contributed by atoms with Gasteiger partial charge in [0.1, 0.15) is 12.4 Å². The van der Waals surface area contributed by atoms with Gasteiger partial charge in [-0.1, -0.05) is 5.92 Å². The third-order valence-electron chi connectivity index (χ3n) is 3.56. The predicted octanol–water partition coefficient (Wildman–Crippen LogP) is 4.50. The SMILES string of the molecule is C#CCOc1c(Br)cc(/C=C2/SC(=Nc3ccc(F)cc3)NC2=O)cc1OC. The van der Waals surface area contributed by atoms with Crippen LogP contribution in [0, 0.1) is 18.2 Å². The van der Waals surface area contributed by atoms with E-state index in [4.69, 9.17) is 15.9 Å². The van der Waals surface area contributed by atoms with Crippen LogP contribution in [0.4, 0.5) is 10.1 Å². The maximum atomic E-state index is 13.0. The Morgan fingerprint density at radius 3 is 2.79 bits per heavy atom. The van der Waals surface area contributed by atoms with Crippen LogP contribution in [0.3, 0.4) is 0 Å². The summed E-state index contributed by atoms with van der Waals surface area (Å²) in [6, 6.07) is 9.23. The number of hydrogen-bond acceptors (Lipinski definition) is 5. The third kappa shape index (κ3) is 4.74. The highest BCUT2D eigenvalue weighted by molar-refractivity contribution is 9.10. The van der Waals surface area contributed by atoms with E-state index in [1.165, 1.54) is 43.1 Å². The van der Waals surface area contributed by atoms with E-state index < -0.39 is 0 Å². The number of thioether (sulfide) groups is 1. The van der Waals surface area contributed by atoms with Crippen LogP contribution < -0.4 is 14.8 Å². The number of benzene rings is 2. The van der Waals surface area contributed by atoms with E-state index in [1.807, 2.05) is 0 Å². The van der Waals surface area contributed by atoms with Gasteiger partial charge in [0.05, 0.1) is 22.2 Å². The van der Waals surface area contributed by atoms with Crippen molar-refractivity contribution in [1.29, 1.82) is 0 Å². The summed E-state index contributed by atoms with van der Waals surface area (Å²) in [6.45, 7) is 0.108. The second kappa shape index (κ2) is 8.95. The Hall–Kier alpha value is -2.76. The number of terminal acetylenes is 1. The Morgan fingerprint density at radius 2 is 2.11 bits per heavy atom. The van der Waals surface area contributed by atoms with Crippen LogP contribution in [0.15, 0.2) is 50.8 Å². The first-order valence-corrected chi connectivity index (χ1v) is 9.60. The van der Waals surface area contributed by atoms with Crippen molar-refractivity contribution in [2.24, 2.45) is 4.99 Å². The van der Waals surface area contributed by atoms with Gasteiger partial charge in [-0.05, 0) is 75.7 Å². The molecule has 0 radical (unpaired) electrons. The van der Waals surface area contributed by atoms with Gasteiger partial charge < -0.3 is 14.8 Å². The molecule has 1 aliphatic heterocycles. The molecule has 28 heavy (non-hydrogen) atoms. The molecule has 1 heterocycles. The molecule has 0 unspecified atom stereocenters. The van der Waals surface area contributed by atoms with Gasteiger partial charge in [-0.3, -0.25) is 4.79 Å². The Kier molecular flexibility index (Phi) is 6.39. The number of methoxy groups -OCH3 is 1. The number of aliphatic imine (C=N–C) groups is 1. The van der Waals surface area contributed by atoms with Crippen molar-refractivity contribution in [1.82, 2.24) is 5.32 Å². The second-order valence-electron chi connectivity index (χ2n) is 5.49. The zero-order valence-electron chi connectivity index (χ0n) is 14.7. The van der Waals surface area contributed by atoms with Crippen LogP contribution in [0.5, 0.6) is 11.5 Å². The standard InChI is InChI=1S/C20H14BrFN2O3S/c1-3-8-27-18-15(21)9-12(10-16(18)26-2)11-17-19(25)24-20(28-17)23-14-6-4-13(22)5-7-14/h1,4-7,9-11H,8H2,2H3,(H,23,24,25)/b17-11+. The Labute approximate surface area is 174 Å². The quantitative estimate of drug-likeness (QED) is 0.526. The van der Waals surface area contributed by atoms with Gasteiger partial charge in [0, 0.05) is 0 Å². The highest BCUT2D eigenvalue weighted by Gasteiger charge is 2.24. The number of nitrogens with one attached hydrogen (secondary N) is 1. The minimum Gasteiger partial charge on any atom is -0.493 e. The van der Waals surface area contributed by atoms with Crippen LogP contribution in [-0.2, 0) is 4.79 Å².